The summed E-state index contributed by atoms with van der Waals surface area (Å²) in [5.41, 5.74) is 0. The van der Waals surface area contributed by atoms with Gasteiger partial charge in [0, 0.05) is 6.42 Å². The lowest BCUT2D eigenvalue weighted by molar-refractivity contribution is -0.379. The van der Waals surface area contributed by atoms with Crippen molar-refractivity contribution in [2.75, 3.05) is 26.4 Å². The van der Waals surface area contributed by atoms with E-state index in [2.05, 4.69) is 31.3 Å². The van der Waals surface area contributed by atoms with Crippen LogP contribution in [0, 0.1) is 0 Å². The second kappa shape index (κ2) is 58.7. The van der Waals surface area contributed by atoms with Crippen LogP contribution < -0.4 is 5.32 Å². The van der Waals surface area contributed by atoms with E-state index in [1.54, 1.807) is 6.08 Å². The van der Waals surface area contributed by atoms with Crippen molar-refractivity contribution in [3.8, 4) is 0 Å². The van der Waals surface area contributed by atoms with Crippen LogP contribution in [-0.2, 0) is 33.2 Å². The second-order valence-electron chi connectivity index (χ2n) is 28.5. The maximum absolute atomic E-state index is 13.4. The molecule has 3 aliphatic heterocycles. The summed E-state index contributed by atoms with van der Waals surface area (Å²) in [6, 6.07) is -0.975. The third kappa shape index (κ3) is 39.1. The number of hydrogen-bond donors (Lipinski definition) is 12. The summed E-state index contributed by atoms with van der Waals surface area (Å²) >= 11 is 0. The standard InChI is InChI=1S/C77H145NO18/c1-3-5-7-9-11-13-15-17-19-21-23-24-25-26-27-28-29-30-31-32-33-34-35-36-37-38-40-42-44-46-48-50-52-54-61(82)60(78-65(83)55-53-51-49-47-45-43-41-39-22-20-18-16-14-12-10-8-6-4-2)59-91-75-71(89)68(86)73(63(57-80)93-75)96-77-72(90)69(87)74(64(58-81)94-77)95-76-70(88)67(85)66(84)62(56-79)92-76/h20,22,52,54,60-64,66-77,79-82,84-90H,3-19,21,23-51,53,55-59H2,1-2H3,(H,78,83)/b22-20-,54-52+. The Morgan fingerprint density at radius 1 is 0.365 bits per heavy atom. The van der Waals surface area contributed by atoms with E-state index in [4.69, 9.17) is 28.4 Å². The Morgan fingerprint density at radius 2 is 0.656 bits per heavy atom. The van der Waals surface area contributed by atoms with Gasteiger partial charge in [0.15, 0.2) is 18.9 Å². The lowest BCUT2D eigenvalue weighted by Gasteiger charge is -2.48. The highest BCUT2D eigenvalue weighted by molar-refractivity contribution is 5.76. The number of rotatable bonds is 63. The Morgan fingerprint density at radius 3 is 1.01 bits per heavy atom. The minimum absolute atomic E-state index is 0.241. The number of aliphatic hydroxyl groups excluding tert-OH is 11. The van der Waals surface area contributed by atoms with E-state index in [1.165, 1.54) is 244 Å². The summed E-state index contributed by atoms with van der Waals surface area (Å²) in [4.78, 5) is 13.4. The van der Waals surface area contributed by atoms with E-state index in [0.717, 1.165) is 57.8 Å². The van der Waals surface area contributed by atoms with Gasteiger partial charge in [-0.3, -0.25) is 4.79 Å². The highest BCUT2D eigenvalue weighted by Gasteiger charge is 2.53. The highest BCUT2D eigenvalue weighted by atomic mass is 16.8. The third-order valence-corrected chi connectivity index (χ3v) is 20.0. The number of ether oxygens (including phenoxy) is 6. The van der Waals surface area contributed by atoms with Crippen molar-refractivity contribution in [1.29, 1.82) is 0 Å². The lowest BCUT2D eigenvalue weighted by Crippen LogP contribution is -2.66. The molecule has 0 aliphatic carbocycles. The molecule has 0 saturated carbocycles. The van der Waals surface area contributed by atoms with Crippen LogP contribution in [0.2, 0.25) is 0 Å². The first-order valence-corrected chi connectivity index (χ1v) is 39.6. The van der Waals surface area contributed by atoms with Gasteiger partial charge in [0.05, 0.1) is 38.6 Å². The molecule has 0 aromatic carbocycles. The van der Waals surface area contributed by atoms with E-state index in [-0.39, 0.29) is 18.9 Å². The molecule has 19 heteroatoms. The van der Waals surface area contributed by atoms with Crippen molar-refractivity contribution in [3.05, 3.63) is 24.3 Å². The fourth-order valence-corrected chi connectivity index (χ4v) is 13.6. The Balaban J connectivity index is 1.36. The van der Waals surface area contributed by atoms with Crippen molar-refractivity contribution in [3.63, 3.8) is 0 Å². The highest BCUT2D eigenvalue weighted by Crippen LogP contribution is 2.33. The normalized spacial score (nSPS) is 27.1. The van der Waals surface area contributed by atoms with Gasteiger partial charge >= 0.3 is 0 Å². The van der Waals surface area contributed by atoms with Gasteiger partial charge in [0.2, 0.25) is 5.91 Å². The first kappa shape index (κ1) is 88.5. The molecule has 3 aliphatic rings. The minimum Gasteiger partial charge on any atom is -0.394 e. The van der Waals surface area contributed by atoms with Crippen molar-refractivity contribution in [1.82, 2.24) is 5.32 Å². The molecule has 0 spiro atoms. The predicted molar refractivity (Wildman–Crippen MR) is 379 cm³/mol. The molecule has 12 N–H and O–H groups in total. The van der Waals surface area contributed by atoms with Gasteiger partial charge in [-0.25, -0.2) is 0 Å². The largest absolute Gasteiger partial charge is 0.394 e. The molecule has 3 saturated heterocycles. The van der Waals surface area contributed by atoms with Gasteiger partial charge in [-0.1, -0.05) is 301 Å². The number of unbranched alkanes of at least 4 members (excludes halogenated alkanes) is 45. The number of allylic oxidation sites excluding steroid dienone is 3. The summed E-state index contributed by atoms with van der Waals surface area (Å²) < 4.78 is 34.4. The van der Waals surface area contributed by atoms with Crippen LogP contribution in [0.5, 0.6) is 0 Å². The minimum atomic E-state index is -1.98. The SMILES string of the molecule is CCCCCCCCC/C=C\CCCCCCCCCC(=O)NC(COC1OC(CO)C(OC2OC(CO)C(OC3OC(CO)C(O)C(O)C3O)C(O)C2O)C(O)C1O)C(O)/C=C/CCCCCCCCCCCCCCCCCCCCCCCCCCCCCCCCC. The molecule has 566 valence electrons. The maximum Gasteiger partial charge on any atom is 0.220 e. The van der Waals surface area contributed by atoms with E-state index < -0.39 is 124 Å². The fraction of sp³-hybridized carbons (Fsp3) is 0.935. The zero-order valence-corrected chi connectivity index (χ0v) is 60.4. The van der Waals surface area contributed by atoms with Gasteiger partial charge in [0.1, 0.15) is 73.2 Å². The van der Waals surface area contributed by atoms with Crippen LogP contribution in [0.15, 0.2) is 24.3 Å². The van der Waals surface area contributed by atoms with Crippen molar-refractivity contribution in [2.24, 2.45) is 0 Å². The third-order valence-electron chi connectivity index (χ3n) is 20.0. The second-order valence-corrected chi connectivity index (χ2v) is 28.5. The molecule has 3 heterocycles. The van der Waals surface area contributed by atoms with Crippen molar-refractivity contribution < 1.29 is 89.4 Å². The molecule has 19 nitrogen and oxygen atoms in total. The summed E-state index contributed by atoms with van der Waals surface area (Å²) in [5.74, 6) is -0.275. The van der Waals surface area contributed by atoms with Crippen molar-refractivity contribution >= 4 is 5.91 Å². The Bertz CT molecular complexity index is 1830. The number of nitrogens with one attached hydrogen (secondary N) is 1. The summed E-state index contributed by atoms with van der Waals surface area (Å²) in [6.07, 6.45) is 43.2. The molecule has 0 radical (unpaired) electrons. The smallest absolute Gasteiger partial charge is 0.220 e. The Kier molecular flexibility index (Phi) is 54.1. The molecule has 17 unspecified atom stereocenters. The van der Waals surface area contributed by atoms with Crippen LogP contribution >= 0.6 is 0 Å². The quantitative estimate of drug-likeness (QED) is 0.0199. The molecule has 3 fully saturated rings. The lowest BCUT2D eigenvalue weighted by atomic mass is 9.96. The molecular weight excluding hydrogens is 1230 g/mol. The average Bonchev–Trinajstić information content (AvgIpc) is 0.798. The molecule has 0 aromatic rings. The van der Waals surface area contributed by atoms with Crippen LogP contribution in [0.25, 0.3) is 0 Å². The van der Waals surface area contributed by atoms with E-state index in [1.807, 2.05) is 6.08 Å². The van der Waals surface area contributed by atoms with Crippen LogP contribution in [-0.4, -0.2) is 193 Å². The monoisotopic (exact) mass is 1370 g/mol. The first-order valence-electron chi connectivity index (χ1n) is 39.6. The number of amides is 1. The Labute approximate surface area is 581 Å². The fourth-order valence-electron chi connectivity index (χ4n) is 13.6. The van der Waals surface area contributed by atoms with Crippen molar-refractivity contribution in [2.45, 2.75) is 433 Å². The zero-order chi connectivity index (χ0) is 69.6. The van der Waals surface area contributed by atoms with E-state index in [9.17, 15) is 61.0 Å². The van der Waals surface area contributed by atoms with Gasteiger partial charge in [0.25, 0.3) is 0 Å². The van der Waals surface area contributed by atoms with Crippen LogP contribution in [0.3, 0.4) is 0 Å². The van der Waals surface area contributed by atoms with Crippen LogP contribution in [0.4, 0.5) is 0 Å². The summed E-state index contributed by atoms with van der Waals surface area (Å²) in [7, 11) is 0. The first-order chi connectivity index (χ1) is 46.8. The topological polar surface area (TPSA) is 307 Å². The average molecular weight is 1370 g/mol. The van der Waals surface area contributed by atoms with Gasteiger partial charge in [-0.2, -0.15) is 0 Å². The molecule has 1 amide bonds. The molecule has 0 bridgehead atoms. The number of carbonyl (C=O) groups is 1. The van der Waals surface area contributed by atoms with E-state index in [0.29, 0.717) is 6.42 Å². The molecule has 17 atom stereocenters. The van der Waals surface area contributed by atoms with Crippen LogP contribution in [0.1, 0.15) is 328 Å². The summed E-state index contributed by atoms with van der Waals surface area (Å²) in [5, 5.41) is 121. The molecule has 3 rings (SSSR count). The van der Waals surface area contributed by atoms with Gasteiger partial charge in [-0.05, 0) is 44.9 Å². The van der Waals surface area contributed by atoms with E-state index >= 15 is 0 Å². The summed E-state index contributed by atoms with van der Waals surface area (Å²) in [6.45, 7) is 1.77. The van der Waals surface area contributed by atoms with Gasteiger partial charge < -0.3 is 89.9 Å². The zero-order valence-electron chi connectivity index (χ0n) is 60.4. The predicted octanol–water partition coefficient (Wildman–Crippen LogP) is 12.6. The molecule has 96 heavy (non-hydrogen) atoms. The maximum atomic E-state index is 13.4. The molecule has 0 aromatic heterocycles. The molecular formula is C77H145NO18. The van der Waals surface area contributed by atoms with Gasteiger partial charge in [-0.15, -0.1) is 0 Å². The number of aliphatic hydroxyl groups is 11. The number of hydrogen-bond acceptors (Lipinski definition) is 18. The Hall–Kier alpha value is -1.73. The number of carbonyl (C=O) groups excluding carboxylic acids is 1.